The molecule has 1 aromatic rings. The first kappa shape index (κ1) is 14.7. The molecule has 6 heteroatoms. The Bertz CT molecular complexity index is 429. The van der Waals surface area contributed by atoms with Crippen molar-refractivity contribution in [3.8, 4) is 6.07 Å². The van der Waals surface area contributed by atoms with Gasteiger partial charge in [-0.1, -0.05) is 0 Å². The number of halogens is 1. The molecule has 0 spiro atoms. The molecule has 1 unspecified atom stereocenters. The highest BCUT2D eigenvalue weighted by molar-refractivity contribution is 9.10. The van der Waals surface area contributed by atoms with Gasteiger partial charge in [-0.05, 0) is 36.7 Å². The summed E-state index contributed by atoms with van der Waals surface area (Å²) >= 11 is 3.52. The zero-order chi connectivity index (χ0) is 13.5. The summed E-state index contributed by atoms with van der Waals surface area (Å²) in [5, 5.41) is 12.1. The summed E-state index contributed by atoms with van der Waals surface area (Å²) in [4.78, 5) is 10.6. The highest BCUT2D eigenvalue weighted by Crippen LogP contribution is 2.29. The fraction of sp³-hybridized carbons (Fsp3) is 0.583. The van der Waals surface area contributed by atoms with Crippen LogP contribution in [0.1, 0.15) is 20.8 Å². The lowest BCUT2D eigenvalue weighted by Gasteiger charge is -2.24. The summed E-state index contributed by atoms with van der Waals surface area (Å²) in [6.45, 7) is 8.23. The van der Waals surface area contributed by atoms with Crippen LogP contribution in [0.5, 0.6) is 0 Å². The van der Waals surface area contributed by atoms with Crippen molar-refractivity contribution in [1.29, 1.82) is 5.26 Å². The Morgan fingerprint density at radius 1 is 1.50 bits per heavy atom. The highest BCUT2D eigenvalue weighted by atomic mass is 79.9. The van der Waals surface area contributed by atoms with Crippen LogP contribution in [0.2, 0.25) is 0 Å². The van der Waals surface area contributed by atoms with Crippen LogP contribution in [-0.2, 0) is 0 Å². The van der Waals surface area contributed by atoms with Crippen molar-refractivity contribution in [2.45, 2.75) is 20.8 Å². The number of nitriles is 1. The Morgan fingerprint density at radius 2 is 2.22 bits per heavy atom. The van der Waals surface area contributed by atoms with Gasteiger partial charge in [-0.3, -0.25) is 0 Å². The van der Waals surface area contributed by atoms with Crippen molar-refractivity contribution >= 4 is 27.6 Å². The van der Waals surface area contributed by atoms with E-state index in [-0.39, 0.29) is 5.92 Å². The number of hydrogen-bond donors (Lipinski definition) is 1. The van der Waals surface area contributed by atoms with E-state index in [4.69, 9.17) is 5.26 Å². The minimum absolute atomic E-state index is 0.0330. The molecule has 0 radical (unpaired) electrons. The molecule has 0 aliphatic heterocycles. The van der Waals surface area contributed by atoms with Crippen molar-refractivity contribution in [2.75, 3.05) is 29.9 Å². The van der Waals surface area contributed by atoms with Gasteiger partial charge in [-0.15, -0.1) is 0 Å². The molecule has 1 rings (SSSR count). The summed E-state index contributed by atoms with van der Waals surface area (Å²) < 4.78 is 0.846. The van der Waals surface area contributed by atoms with E-state index < -0.39 is 0 Å². The van der Waals surface area contributed by atoms with Gasteiger partial charge >= 0.3 is 0 Å². The molecule has 1 N–H and O–H groups in total. The lowest BCUT2D eigenvalue weighted by atomic mass is 10.2. The molecule has 1 heterocycles. The van der Waals surface area contributed by atoms with E-state index in [9.17, 15) is 0 Å². The van der Waals surface area contributed by atoms with E-state index in [1.807, 2.05) is 20.8 Å². The van der Waals surface area contributed by atoms with Gasteiger partial charge < -0.3 is 10.2 Å². The standard InChI is InChI=1S/C12H18BrN5/c1-4-15-11-10(13)12(17-8-16-11)18(5-2)7-9(3)6-14/h8-9H,4-5,7H2,1-3H3,(H,15,16,17). The molecule has 0 saturated carbocycles. The van der Waals surface area contributed by atoms with Gasteiger partial charge in [0.1, 0.15) is 22.4 Å². The van der Waals surface area contributed by atoms with E-state index >= 15 is 0 Å². The van der Waals surface area contributed by atoms with Crippen LogP contribution in [0, 0.1) is 17.2 Å². The third kappa shape index (κ3) is 3.57. The van der Waals surface area contributed by atoms with Crippen molar-refractivity contribution in [2.24, 2.45) is 5.92 Å². The first-order valence-corrected chi connectivity index (χ1v) is 6.82. The molecule has 0 fully saturated rings. The molecule has 18 heavy (non-hydrogen) atoms. The average Bonchev–Trinajstić information content (AvgIpc) is 2.38. The second-order valence-electron chi connectivity index (χ2n) is 3.96. The van der Waals surface area contributed by atoms with Gasteiger partial charge in [0.2, 0.25) is 0 Å². The van der Waals surface area contributed by atoms with Crippen LogP contribution in [0.4, 0.5) is 11.6 Å². The fourth-order valence-corrected chi connectivity index (χ4v) is 2.20. The number of aromatic nitrogens is 2. The smallest absolute Gasteiger partial charge is 0.148 e. The van der Waals surface area contributed by atoms with Crippen molar-refractivity contribution < 1.29 is 0 Å². The number of hydrogen-bond acceptors (Lipinski definition) is 5. The van der Waals surface area contributed by atoms with Crippen LogP contribution in [0.15, 0.2) is 10.8 Å². The second kappa shape index (κ2) is 7.17. The highest BCUT2D eigenvalue weighted by Gasteiger charge is 2.16. The van der Waals surface area contributed by atoms with Gasteiger partial charge in [-0.25, -0.2) is 9.97 Å². The normalized spacial score (nSPS) is 11.7. The van der Waals surface area contributed by atoms with E-state index in [0.29, 0.717) is 6.54 Å². The Kier molecular flexibility index (Phi) is 5.86. The molecule has 0 saturated heterocycles. The minimum Gasteiger partial charge on any atom is -0.369 e. The lowest BCUT2D eigenvalue weighted by molar-refractivity contribution is 0.677. The molecular weight excluding hydrogens is 294 g/mol. The number of rotatable bonds is 6. The van der Waals surface area contributed by atoms with Crippen molar-refractivity contribution in [1.82, 2.24) is 9.97 Å². The molecule has 0 bridgehead atoms. The predicted molar refractivity (Wildman–Crippen MR) is 76.6 cm³/mol. The quantitative estimate of drug-likeness (QED) is 0.875. The summed E-state index contributed by atoms with van der Waals surface area (Å²) in [7, 11) is 0. The molecule has 0 aliphatic carbocycles. The number of nitrogens with zero attached hydrogens (tertiary/aromatic N) is 4. The number of nitrogens with one attached hydrogen (secondary N) is 1. The van der Waals surface area contributed by atoms with Gasteiger partial charge in [0.05, 0.1) is 12.0 Å². The molecular formula is C12H18BrN5. The van der Waals surface area contributed by atoms with Crippen LogP contribution in [0.25, 0.3) is 0 Å². The maximum absolute atomic E-state index is 8.90. The summed E-state index contributed by atoms with van der Waals surface area (Å²) in [6.07, 6.45) is 1.54. The summed E-state index contributed by atoms with van der Waals surface area (Å²) in [5.41, 5.74) is 0. The Morgan fingerprint density at radius 3 is 2.78 bits per heavy atom. The minimum atomic E-state index is -0.0330. The van der Waals surface area contributed by atoms with E-state index in [0.717, 1.165) is 29.2 Å². The monoisotopic (exact) mass is 311 g/mol. The zero-order valence-corrected chi connectivity index (χ0v) is 12.5. The summed E-state index contributed by atoms with van der Waals surface area (Å²) in [5.74, 6) is 1.57. The van der Waals surface area contributed by atoms with Gasteiger partial charge in [0.15, 0.2) is 0 Å². The molecule has 1 aromatic heterocycles. The third-order valence-corrected chi connectivity index (χ3v) is 3.24. The SMILES string of the molecule is CCNc1ncnc(N(CC)CC(C)C#N)c1Br. The van der Waals surface area contributed by atoms with Crippen LogP contribution < -0.4 is 10.2 Å². The van der Waals surface area contributed by atoms with Crippen LogP contribution in [0.3, 0.4) is 0 Å². The van der Waals surface area contributed by atoms with E-state index in [2.05, 4.69) is 42.2 Å². The molecule has 98 valence electrons. The van der Waals surface area contributed by atoms with Gasteiger partial charge in [0, 0.05) is 19.6 Å². The first-order valence-electron chi connectivity index (χ1n) is 6.02. The molecule has 1 atom stereocenters. The maximum Gasteiger partial charge on any atom is 0.148 e. The topological polar surface area (TPSA) is 64.8 Å². The molecule has 0 amide bonds. The molecule has 5 nitrogen and oxygen atoms in total. The van der Waals surface area contributed by atoms with E-state index in [1.165, 1.54) is 6.33 Å². The van der Waals surface area contributed by atoms with Gasteiger partial charge in [-0.2, -0.15) is 5.26 Å². The Labute approximate surface area is 116 Å². The third-order valence-electron chi connectivity index (χ3n) is 2.51. The second-order valence-corrected chi connectivity index (χ2v) is 4.75. The average molecular weight is 312 g/mol. The van der Waals surface area contributed by atoms with Crippen molar-refractivity contribution in [3.05, 3.63) is 10.8 Å². The fourth-order valence-electron chi connectivity index (χ4n) is 1.61. The predicted octanol–water partition coefficient (Wildman–Crippen LogP) is 2.66. The molecule has 0 aromatic carbocycles. The Hall–Kier alpha value is -1.35. The zero-order valence-electron chi connectivity index (χ0n) is 10.9. The maximum atomic E-state index is 8.90. The van der Waals surface area contributed by atoms with Gasteiger partial charge in [0.25, 0.3) is 0 Å². The van der Waals surface area contributed by atoms with E-state index in [1.54, 1.807) is 0 Å². The largest absolute Gasteiger partial charge is 0.369 e. The Balaban J connectivity index is 2.99. The summed E-state index contributed by atoms with van der Waals surface area (Å²) in [6, 6.07) is 2.24. The van der Waals surface area contributed by atoms with Crippen molar-refractivity contribution in [3.63, 3.8) is 0 Å². The van der Waals surface area contributed by atoms with Crippen LogP contribution >= 0.6 is 15.9 Å². The molecule has 0 aliphatic rings. The first-order chi connectivity index (χ1) is 8.63. The number of anilines is 2. The lowest BCUT2D eigenvalue weighted by Crippen LogP contribution is -2.29. The van der Waals surface area contributed by atoms with Crippen LogP contribution in [-0.4, -0.2) is 29.6 Å².